The van der Waals surface area contributed by atoms with Crippen LogP contribution in [0.3, 0.4) is 0 Å². The molecule has 1 aromatic heterocycles. The highest BCUT2D eigenvalue weighted by atomic mass is 16.7. The van der Waals surface area contributed by atoms with Crippen molar-refractivity contribution in [2.75, 3.05) is 31.1 Å². The van der Waals surface area contributed by atoms with Gasteiger partial charge in [-0.1, -0.05) is 0 Å². The number of aromatic carboxylic acids is 1. The lowest BCUT2D eigenvalue weighted by Crippen LogP contribution is -2.49. The number of rotatable bonds is 4. The van der Waals surface area contributed by atoms with Gasteiger partial charge < -0.3 is 29.4 Å². The number of aromatic nitrogens is 1. The van der Waals surface area contributed by atoms with Crippen LogP contribution in [0.1, 0.15) is 24.2 Å². The summed E-state index contributed by atoms with van der Waals surface area (Å²) in [6, 6.07) is 5.12. The first-order valence-electron chi connectivity index (χ1n) is 9.02. The Morgan fingerprint density at radius 3 is 2.45 bits per heavy atom. The van der Waals surface area contributed by atoms with Gasteiger partial charge in [-0.2, -0.15) is 0 Å². The molecule has 1 amide bonds. The van der Waals surface area contributed by atoms with Crippen LogP contribution < -0.4 is 10.3 Å². The van der Waals surface area contributed by atoms with E-state index in [9.17, 15) is 19.2 Å². The second-order valence-electron chi connectivity index (χ2n) is 6.60. The Hall–Kier alpha value is -3.56. The number of ether oxygens (including phenoxy) is 2. The molecule has 0 saturated carbocycles. The number of hydrogen-bond donors (Lipinski definition) is 2. The van der Waals surface area contributed by atoms with E-state index in [1.165, 1.54) is 24.9 Å². The van der Waals surface area contributed by atoms with Gasteiger partial charge in [0.15, 0.2) is 0 Å². The van der Waals surface area contributed by atoms with Gasteiger partial charge in [-0.05, 0) is 18.2 Å². The van der Waals surface area contributed by atoms with Crippen LogP contribution in [-0.2, 0) is 14.3 Å². The summed E-state index contributed by atoms with van der Waals surface area (Å²) in [5.41, 5.74) is 0.541. The molecule has 154 valence electrons. The van der Waals surface area contributed by atoms with Crippen molar-refractivity contribution in [1.29, 1.82) is 0 Å². The first-order chi connectivity index (χ1) is 13.8. The SMILES string of the molecule is CC(=O)OC(C)OC(=O)N1CCN(c2ccc3c(=O)c(C(=O)O)c[nH]c3c2)CC1. The maximum Gasteiger partial charge on any atom is 0.412 e. The van der Waals surface area contributed by atoms with Crippen molar-refractivity contribution < 1.29 is 29.0 Å². The van der Waals surface area contributed by atoms with Gasteiger partial charge in [-0.25, -0.2) is 9.59 Å². The van der Waals surface area contributed by atoms with Gasteiger partial charge in [-0.15, -0.1) is 0 Å². The fourth-order valence-corrected chi connectivity index (χ4v) is 3.19. The summed E-state index contributed by atoms with van der Waals surface area (Å²) in [4.78, 5) is 52.8. The fraction of sp³-hybridized carbons (Fsp3) is 0.368. The molecule has 1 fully saturated rings. The van der Waals surface area contributed by atoms with E-state index in [0.717, 1.165) is 5.69 Å². The highest BCUT2D eigenvalue weighted by molar-refractivity contribution is 5.93. The molecule has 0 radical (unpaired) electrons. The number of piperazine rings is 1. The summed E-state index contributed by atoms with van der Waals surface area (Å²) in [5.74, 6) is -1.80. The molecule has 29 heavy (non-hydrogen) atoms. The molecule has 2 N–H and O–H groups in total. The lowest BCUT2D eigenvalue weighted by atomic mass is 10.1. The zero-order valence-electron chi connectivity index (χ0n) is 16.0. The van der Waals surface area contributed by atoms with Crippen molar-refractivity contribution in [2.45, 2.75) is 20.1 Å². The maximum atomic E-state index is 12.2. The number of fused-ring (bicyclic) bond motifs is 1. The van der Waals surface area contributed by atoms with Crippen LogP contribution in [0, 0.1) is 0 Å². The molecule has 2 heterocycles. The van der Waals surface area contributed by atoms with Gasteiger partial charge in [0.05, 0.1) is 5.52 Å². The van der Waals surface area contributed by atoms with Crippen molar-refractivity contribution in [3.8, 4) is 0 Å². The third-order valence-electron chi connectivity index (χ3n) is 4.60. The maximum absolute atomic E-state index is 12.2. The molecule has 3 rings (SSSR count). The summed E-state index contributed by atoms with van der Waals surface area (Å²) in [7, 11) is 0. The Bertz CT molecular complexity index is 1010. The quantitative estimate of drug-likeness (QED) is 0.579. The molecular weight excluding hydrogens is 382 g/mol. The molecule has 0 spiro atoms. The van der Waals surface area contributed by atoms with Crippen molar-refractivity contribution in [1.82, 2.24) is 9.88 Å². The summed E-state index contributed by atoms with van der Waals surface area (Å²) in [5, 5.41) is 9.36. The molecule has 10 heteroatoms. The molecule has 1 aliphatic rings. The number of carboxylic acid groups (broad SMARTS) is 1. The molecule has 10 nitrogen and oxygen atoms in total. The number of nitrogens with zero attached hydrogens (tertiary/aromatic N) is 2. The van der Waals surface area contributed by atoms with Crippen molar-refractivity contribution in [2.24, 2.45) is 0 Å². The van der Waals surface area contributed by atoms with E-state index < -0.39 is 29.8 Å². The Labute approximate surface area is 165 Å². The number of hydrogen-bond acceptors (Lipinski definition) is 7. The minimum absolute atomic E-state index is 0.301. The van der Waals surface area contributed by atoms with Crippen LogP contribution in [0.2, 0.25) is 0 Å². The summed E-state index contributed by atoms with van der Waals surface area (Å²) in [6.45, 7) is 4.62. The van der Waals surface area contributed by atoms with E-state index >= 15 is 0 Å². The van der Waals surface area contributed by atoms with Crippen LogP contribution in [0.5, 0.6) is 0 Å². The van der Waals surface area contributed by atoms with Crippen molar-refractivity contribution in [3.05, 3.63) is 40.2 Å². The Balaban J connectivity index is 1.66. The van der Waals surface area contributed by atoms with Gasteiger partial charge in [-0.3, -0.25) is 9.59 Å². The standard InChI is InChI=1S/C19H21N3O7/c1-11(23)28-12(2)29-19(27)22-7-5-21(6-8-22)13-3-4-14-16(9-13)20-10-15(17(14)24)18(25)26/h3-4,9-10,12H,5-8H2,1-2H3,(H,20,24)(H,25,26). The Morgan fingerprint density at radius 2 is 1.83 bits per heavy atom. The number of pyridine rings is 1. The zero-order chi connectivity index (χ0) is 21.1. The third-order valence-corrected chi connectivity index (χ3v) is 4.60. The number of anilines is 1. The molecule has 0 bridgehead atoms. The number of nitrogens with one attached hydrogen (secondary N) is 1. The van der Waals surface area contributed by atoms with Gasteiger partial charge >= 0.3 is 18.0 Å². The van der Waals surface area contributed by atoms with Gasteiger partial charge in [0.1, 0.15) is 5.56 Å². The molecule has 1 aliphatic heterocycles. The van der Waals surface area contributed by atoms with Crippen LogP contribution in [0.15, 0.2) is 29.2 Å². The average Bonchev–Trinajstić information content (AvgIpc) is 2.67. The number of carboxylic acids is 1. The minimum Gasteiger partial charge on any atom is -0.477 e. The third kappa shape index (κ3) is 4.48. The molecule has 1 atom stereocenters. The van der Waals surface area contributed by atoms with E-state index in [1.54, 1.807) is 18.2 Å². The zero-order valence-corrected chi connectivity index (χ0v) is 16.0. The molecule has 1 saturated heterocycles. The highest BCUT2D eigenvalue weighted by Crippen LogP contribution is 2.21. The molecular formula is C19H21N3O7. The minimum atomic E-state index is -1.27. The van der Waals surface area contributed by atoms with E-state index in [4.69, 9.17) is 14.6 Å². The molecule has 0 aliphatic carbocycles. The Kier molecular flexibility index (Phi) is 5.71. The Morgan fingerprint density at radius 1 is 1.14 bits per heavy atom. The predicted molar refractivity (Wildman–Crippen MR) is 103 cm³/mol. The number of benzene rings is 1. The summed E-state index contributed by atoms with van der Waals surface area (Å²) in [6.07, 6.45) is -0.317. The molecule has 1 unspecified atom stereocenters. The van der Waals surface area contributed by atoms with Crippen LogP contribution in [0.25, 0.3) is 10.9 Å². The fourth-order valence-electron chi connectivity index (χ4n) is 3.19. The van der Waals surface area contributed by atoms with E-state index in [0.29, 0.717) is 37.1 Å². The summed E-state index contributed by atoms with van der Waals surface area (Å²) < 4.78 is 9.87. The first kappa shape index (κ1) is 20.2. The molecule has 2 aromatic rings. The van der Waals surface area contributed by atoms with Crippen molar-refractivity contribution in [3.63, 3.8) is 0 Å². The highest BCUT2D eigenvalue weighted by Gasteiger charge is 2.24. The predicted octanol–water partition coefficient (Wildman–Crippen LogP) is 1.39. The van der Waals surface area contributed by atoms with Crippen LogP contribution in [0.4, 0.5) is 10.5 Å². The number of carbonyl (C=O) groups is 3. The largest absolute Gasteiger partial charge is 0.477 e. The number of amides is 1. The summed E-state index contributed by atoms with van der Waals surface area (Å²) >= 11 is 0. The molecule has 1 aromatic carbocycles. The van der Waals surface area contributed by atoms with E-state index in [1.807, 2.05) is 4.90 Å². The number of aromatic amines is 1. The lowest BCUT2D eigenvalue weighted by molar-refractivity contribution is -0.163. The average molecular weight is 403 g/mol. The van der Waals surface area contributed by atoms with E-state index in [-0.39, 0.29) is 5.56 Å². The second kappa shape index (κ2) is 8.21. The van der Waals surface area contributed by atoms with E-state index in [2.05, 4.69) is 4.98 Å². The monoisotopic (exact) mass is 403 g/mol. The van der Waals surface area contributed by atoms with Gasteiger partial charge in [0.25, 0.3) is 0 Å². The van der Waals surface area contributed by atoms with Gasteiger partial charge in [0.2, 0.25) is 11.7 Å². The lowest BCUT2D eigenvalue weighted by Gasteiger charge is -2.35. The first-order valence-corrected chi connectivity index (χ1v) is 9.02. The van der Waals surface area contributed by atoms with Crippen LogP contribution in [-0.4, -0.2) is 65.5 Å². The number of H-pyrrole nitrogens is 1. The van der Waals surface area contributed by atoms with Gasteiger partial charge in [0, 0.05) is 57.3 Å². The van der Waals surface area contributed by atoms with Crippen molar-refractivity contribution >= 4 is 34.6 Å². The topological polar surface area (TPSA) is 129 Å². The van der Waals surface area contributed by atoms with Crippen LogP contribution >= 0.6 is 0 Å². The number of esters is 1. The normalized spacial score (nSPS) is 15.1. The number of carbonyl (C=O) groups excluding carboxylic acids is 2. The second-order valence-corrected chi connectivity index (χ2v) is 6.60. The smallest absolute Gasteiger partial charge is 0.412 e.